The fourth-order valence-electron chi connectivity index (χ4n) is 2.41. The van der Waals surface area contributed by atoms with E-state index < -0.39 is 11.5 Å². The molecular formula is C18H17N3O6. The van der Waals surface area contributed by atoms with Crippen molar-refractivity contribution in [3.8, 4) is 22.9 Å². The molecule has 1 N–H and O–H groups in total. The van der Waals surface area contributed by atoms with E-state index in [1.165, 1.54) is 26.0 Å². The van der Waals surface area contributed by atoms with Crippen LogP contribution in [0.1, 0.15) is 5.69 Å². The molecule has 0 aliphatic carbocycles. The van der Waals surface area contributed by atoms with Crippen LogP contribution in [0.3, 0.4) is 0 Å². The average Bonchev–Trinajstić information content (AvgIpc) is 3.09. The Balaban J connectivity index is 2.05. The fourth-order valence-corrected chi connectivity index (χ4v) is 2.41. The van der Waals surface area contributed by atoms with Gasteiger partial charge in [-0.1, -0.05) is 0 Å². The summed E-state index contributed by atoms with van der Waals surface area (Å²) < 4.78 is 21.4. The molecule has 0 atom stereocenters. The molecule has 140 valence electrons. The Hall–Kier alpha value is -3.75. The molecule has 9 heteroatoms. The summed E-state index contributed by atoms with van der Waals surface area (Å²) in [5, 5.41) is 15.1. The first-order valence-electron chi connectivity index (χ1n) is 7.83. The molecule has 0 unspecified atom stereocenters. The summed E-state index contributed by atoms with van der Waals surface area (Å²) in [6.07, 6.45) is 0. The van der Waals surface area contributed by atoms with Crippen LogP contribution in [0.25, 0.3) is 5.69 Å². The first-order valence-corrected chi connectivity index (χ1v) is 7.83. The lowest BCUT2D eigenvalue weighted by atomic mass is 10.2. The molecule has 9 nitrogen and oxygen atoms in total. The largest absolute Gasteiger partial charge is 0.854 e. The van der Waals surface area contributed by atoms with E-state index in [0.717, 1.165) is 0 Å². The molecule has 3 rings (SSSR count). The van der Waals surface area contributed by atoms with Crippen molar-refractivity contribution in [3.63, 3.8) is 0 Å². The third-order valence-electron chi connectivity index (χ3n) is 3.79. The minimum Gasteiger partial charge on any atom is -0.854 e. The van der Waals surface area contributed by atoms with Crippen LogP contribution in [-0.4, -0.2) is 32.5 Å². The van der Waals surface area contributed by atoms with Gasteiger partial charge in [-0.2, -0.15) is 0 Å². The third-order valence-corrected chi connectivity index (χ3v) is 3.79. The van der Waals surface area contributed by atoms with Crippen LogP contribution in [0, 0.1) is 0 Å². The van der Waals surface area contributed by atoms with Crippen LogP contribution in [0.15, 0.2) is 56.8 Å². The molecule has 0 spiro atoms. The van der Waals surface area contributed by atoms with Crippen molar-refractivity contribution >= 4 is 11.6 Å². The molecule has 1 aromatic heterocycles. The highest BCUT2D eigenvalue weighted by molar-refractivity contribution is 5.89. The van der Waals surface area contributed by atoms with Gasteiger partial charge in [0.25, 0.3) is 0 Å². The molecular weight excluding hydrogens is 354 g/mol. The molecule has 0 saturated carbocycles. The Labute approximate surface area is 154 Å². The highest BCUT2D eigenvalue weighted by Crippen LogP contribution is 2.31. The predicted octanol–water partition coefficient (Wildman–Crippen LogP) is 0.709. The molecule has 1 heterocycles. The molecule has 0 fully saturated rings. The Bertz CT molecular complexity index is 1020. The zero-order valence-electron chi connectivity index (χ0n) is 14.9. The van der Waals surface area contributed by atoms with E-state index in [2.05, 4.69) is 10.3 Å². The Morgan fingerprint density at radius 2 is 1.70 bits per heavy atom. The van der Waals surface area contributed by atoms with Crippen molar-refractivity contribution in [3.05, 3.63) is 58.6 Å². The average molecular weight is 371 g/mol. The summed E-state index contributed by atoms with van der Waals surface area (Å²) >= 11 is 0. The van der Waals surface area contributed by atoms with Gasteiger partial charge in [0.1, 0.15) is 22.9 Å². The summed E-state index contributed by atoms with van der Waals surface area (Å²) in [4.78, 5) is 16.0. The summed E-state index contributed by atoms with van der Waals surface area (Å²) in [7, 11) is 4.50. The van der Waals surface area contributed by atoms with Gasteiger partial charge in [-0.3, -0.25) is 9.52 Å². The van der Waals surface area contributed by atoms with Gasteiger partial charge < -0.3 is 19.3 Å². The summed E-state index contributed by atoms with van der Waals surface area (Å²) in [5.74, 6) is 0.723. The van der Waals surface area contributed by atoms with Crippen molar-refractivity contribution < 1.29 is 28.5 Å². The van der Waals surface area contributed by atoms with Gasteiger partial charge >= 0.3 is 11.3 Å². The molecule has 0 radical (unpaired) electrons. The number of nitrogens with one attached hydrogen (secondary N) is 1. The van der Waals surface area contributed by atoms with E-state index in [0.29, 0.717) is 22.9 Å². The number of rotatable bonds is 6. The number of hydrogen-bond acceptors (Lipinski definition) is 7. The van der Waals surface area contributed by atoms with Crippen molar-refractivity contribution in [1.29, 1.82) is 0 Å². The second-order valence-electron chi connectivity index (χ2n) is 5.32. The number of aromatic amines is 1. The Morgan fingerprint density at radius 3 is 2.33 bits per heavy atom. The minimum atomic E-state index is -0.841. The molecule has 0 saturated heterocycles. The lowest BCUT2D eigenvalue weighted by Gasteiger charge is -2.09. The van der Waals surface area contributed by atoms with Gasteiger partial charge in [0.2, 0.25) is 5.69 Å². The summed E-state index contributed by atoms with van der Waals surface area (Å²) in [6, 6.07) is 11.5. The summed E-state index contributed by atoms with van der Waals surface area (Å²) in [6.45, 7) is 0. The van der Waals surface area contributed by atoms with E-state index in [1.807, 2.05) is 0 Å². The third kappa shape index (κ3) is 3.61. The predicted molar refractivity (Wildman–Crippen MR) is 93.2 cm³/mol. The van der Waals surface area contributed by atoms with Crippen LogP contribution in [0.5, 0.6) is 17.2 Å². The highest BCUT2D eigenvalue weighted by Gasteiger charge is 2.24. The van der Waals surface area contributed by atoms with Crippen LogP contribution in [-0.2, 0) is 0 Å². The molecule has 27 heavy (non-hydrogen) atoms. The topological polar surface area (TPSA) is 113 Å². The van der Waals surface area contributed by atoms with E-state index in [4.69, 9.17) is 18.7 Å². The lowest BCUT2D eigenvalue weighted by Crippen LogP contribution is -2.44. The maximum atomic E-state index is 12.7. The number of nitrogens with zero attached hydrogens (tertiary/aromatic N) is 2. The first kappa shape index (κ1) is 18.1. The number of ether oxygens (including phenoxy) is 3. The van der Waals surface area contributed by atoms with Crippen molar-refractivity contribution in [2.45, 2.75) is 0 Å². The van der Waals surface area contributed by atoms with Crippen molar-refractivity contribution in [2.24, 2.45) is 4.99 Å². The normalized spacial score (nSPS) is 11.3. The van der Waals surface area contributed by atoms with Gasteiger partial charge in [-0.15, -0.1) is 0 Å². The van der Waals surface area contributed by atoms with Gasteiger partial charge in [0.05, 0.1) is 27.2 Å². The standard InChI is InChI=1S/C18H17N3O6/c1-24-12-6-4-11(5-7-12)21-16(18(23)27-20-21)17(22)19-14-9-8-13(25-2)10-15(14)26-3/h4-10H,1-3H3,(H-,19,20,22,23). The van der Waals surface area contributed by atoms with Crippen molar-refractivity contribution in [1.82, 2.24) is 5.27 Å². The van der Waals surface area contributed by atoms with Crippen molar-refractivity contribution in [2.75, 3.05) is 21.3 Å². The first-order chi connectivity index (χ1) is 13.1. The van der Waals surface area contributed by atoms with Gasteiger partial charge in [-0.25, -0.2) is 4.79 Å². The smallest absolute Gasteiger partial charge is 0.436 e. The quantitative estimate of drug-likeness (QED) is 0.388. The second-order valence-corrected chi connectivity index (χ2v) is 5.32. The monoisotopic (exact) mass is 371 g/mol. The lowest BCUT2D eigenvalue weighted by molar-refractivity contribution is -0.673. The molecule has 3 aromatic rings. The van der Waals surface area contributed by atoms with E-state index in [9.17, 15) is 9.90 Å². The number of hydrogen-bond donors (Lipinski definition) is 1. The van der Waals surface area contributed by atoms with Gasteiger partial charge in [-0.05, 0) is 34.2 Å². The SMILES string of the molecule is COc1ccc(-[n+]2[nH]oc(=O)c2C([O-])=Nc2ccc(OC)cc2OC)cc1. The molecule has 0 amide bonds. The molecule has 0 aliphatic rings. The number of aromatic nitrogens is 2. The Kier molecular flexibility index (Phi) is 5.11. The maximum absolute atomic E-state index is 12.7. The molecule has 0 aliphatic heterocycles. The number of aliphatic imine (C=N–C) groups is 1. The number of benzene rings is 2. The zero-order chi connectivity index (χ0) is 19.4. The molecule has 0 bridgehead atoms. The van der Waals surface area contributed by atoms with E-state index in [-0.39, 0.29) is 11.4 Å². The van der Waals surface area contributed by atoms with E-state index >= 15 is 0 Å². The van der Waals surface area contributed by atoms with Crippen LogP contribution in [0.4, 0.5) is 5.69 Å². The summed E-state index contributed by atoms with van der Waals surface area (Å²) in [5.41, 5.74) is -0.364. The zero-order valence-corrected chi connectivity index (χ0v) is 14.9. The Morgan fingerprint density at radius 1 is 1.04 bits per heavy atom. The van der Waals surface area contributed by atoms with Crippen LogP contribution >= 0.6 is 0 Å². The van der Waals surface area contributed by atoms with E-state index in [1.54, 1.807) is 42.5 Å². The molecule has 2 aromatic carbocycles. The highest BCUT2D eigenvalue weighted by atomic mass is 16.5. The second kappa shape index (κ2) is 7.65. The number of methoxy groups -OCH3 is 3. The fraction of sp³-hybridized carbons (Fsp3) is 0.167. The maximum Gasteiger partial charge on any atom is 0.436 e. The van der Waals surface area contributed by atoms with Crippen LogP contribution < -0.4 is 29.6 Å². The minimum absolute atomic E-state index is 0.255. The number of H-pyrrole nitrogens is 1. The van der Waals surface area contributed by atoms with Gasteiger partial charge in [0.15, 0.2) is 0 Å². The van der Waals surface area contributed by atoms with Crippen LogP contribution in [0.2, 0.25) is 0 Å². The van der Waals surface area contributed by atoms with Gasteiger partial charge in [0, 0.05) is 18.2 Å².